The fraction of sp³-hybridized carbons (Fsp3) is 0.538. The third kappa shape index (κ3) is 2.91. The molecule has 1 heterocycles. The summed E-state index contributed by atoms with van der Waals surface area (Å²) >= 11 is 0. The van der Waals surface area contributed by atoms with Crippen LogP contribution in [-0.4, -0.2) is 26.5 Å². The molecule has 1 aliphatic rings. The minimum atomic E-state index is -3.11. The summed E-state index contributed by atoms with van der Waals surface area (Å²) < 4.78 is 29.7. The van der Waals surface area contributed by atoms with Crippen LogP contribution in [0.25, 0.3) is 0 Å². The first-order chi connectivity index (χ1) is 9.10. The van der Waals surface area contributed by atoms with E-state index in [2.05, 4.69) is 5.43 Å². The summed E-state index contributed by atoms with van der Waals surface area (Å²) in [6.45, 7) is 0. The van der Waals surface area contributed by atoms with E-state index in [1.165, 1.54) is 0 Å². The molecule has 0 amide bonds. The van der Waals surface area contributed by atoms with E-state index >= 15 is 0 Å². The second-order valence-corrected chi connectivity index (χ2v) is 7.13. The van der Waals surface area contributed by atoms with Gasteiger partial charge in [0.15, 0.2) is 9.84 Å². The zero-order chi connectivity index (χ0) is 13.9. The first kappa shape index (κ1) is 14.3. The Labute approximate surface area is 114 Å². The number of para-hydroxylation sites is 1. The van der Waals surface area contributed by atoms with Gasteiger partial charge in [-0.25, -0.2) is 8.42 Å². The Balaban J connectivity index is 2.39. The van der Waals surface area contributed by atoms with Gasteiger partial charge in [-0.05, 0) is 18.9 Å². The highest BCUT2D eigenvalue weighted by molar-refractivity contribution is 7.92. The van der Waals surface area contributed by atoms with E-state index in [-0.39, 0.29) is 5.75 Å². The molecular weight excluding hydrogens is 264 g/mol. The molecule has 2 rings (SSSR count). The normalized spacial score (nSPS) is 23.8. The molecule has 1 aromatic carbocycles. The molecule has 3 N–H and O–H groups in total. The number of nitrogens with one attached hydrogen (secondary N) is 1. The molecule has 5 nitrogen and oxygen atoms in total. The molecule has 6 heteroatoms. The number of rotatable bonds is 4. The Morgan fingerprint density at radius 2 is 2.11 bits per heavy atom. The first-order valence-electron chi connectivity index (χ1n) is 6.41. The van der Waals surface area contributed by atoms with Crippen molar-refractivity contribution in [1.82, 2.24) is 5.43 Å². The van der Waals surface area contributed by atoms with E-state index in [0.29, 0.717) is 12.2 Å². The number of methoxy groups -OCH3 is 1. The molecule has 1 fully saturated rings. The molecule has 1 aromatic rings. The lowest BCUT2D eigenvalue weighted by molar-refractivity contribution is 0.390. The van der Waals surface area contributed by atoms with Crippen LogP contribution in [0.1, 0.15) is 30.9 Å². The summed E-state index contributed by atoms with van der Waals surface area (Å²) in [6.07, 6.45) is 2.29. The van der Waals surface area contributed by atoms with Crippen LogP contribution in [0.4, 0.5) is 0 Å². The number of nitrogens with two attached hydrogens (primary N) is 1. The average molecular weight is 284 g/mol. The summed E-state index contributed by atoms with van der Waals surface area (Å²) in [4.78, 5) is 0. The maximum absolute atomic E-state index is 12.2. The minimum Gasteiger partial charge on any atom is -0.496 e. The predicted molar refractivity (Wildman–Crippen MR) is 74.5 cm³/mol. The Hall–Kier alpha value is -1.11. The average Bonchev–Trinajstić information content (AvgIpc) is 2.41. The van der Waals surface area contributed by atoms with Crippen LogP contribution in [0.3, 0.4) is 0 Å². The highest BCUT2D eigenvalue weighted by atomic mass is 32.2. The van der Waals surface area contributed by atoms with Crippen molar-refractivity contribution in [2.24, 2.45) is 5.84 Å². The van der Waals surface area contributed by atoms with E-state index in [9.17, 15) is 8.42 Å². The third-order valence-electron chi connectivity index (χ3n) is 3.65. The number of hydrogen-bond donors (Lipinski definition) is 2. The number of benzene rings is 1. The molecule has 0 spiro atoms. The van der Waals surface area contributed by atoms with Crippen LogP contribution in [0.2, 0.25) is 0 Å². The molecule has 0 radical (unpaired) electrons. The zero-order valence-electron chi connectivity index (χ0n) is 11.0. The van der Waals surface area contributed by atoms with Crippen LogP contribution < -0.4 is 16.0 Å². The first-order valence-corrected chi connectivity index (χ1v) is 8.12. The van der Waals surface area contributed by atoms with Crippen LogP contribution in [0.15, 0.2) is 24.3 Å². The molecule has 2 atom stereocenters. The van der Waals surface area contributed by atoms with Gasteiger partial charge in [0.25, 0.3) is 0 Å². The van der Waals surface area contributed by atoms with E-state index < -0.39 is 21.1 Å². The molecule has 2 unspecified atom stereocenters. The molecule has 0 aromatic heterocycles. The number of ether oxygens (including phenoxy) is 1. The topological polar surface area (TPSA) is 81.4 Å². The standard InChI is InChI=1S/C13H20N2O3S/c1-18-11-7-3-2-6-10(11)13(15-14)12-8-4-5-9-19(12,16)17/h2-3,6-7,12-13,15H,4-5,8-9,14H2,1H3. The fourth-order valence-corrected chi connectivity index (χ4v) is 4.75. The lowest BCUT2D eigenvalue weighted by Crippen LogP contribution is -2.43. The Morgan fingerprint density at radius 1 is 1.37 bits per heavy atom. The fourth-order valence-electron chi connectivity index (χ4n) is 2.67. The van der Waals surface area contributed by atoms with Gasteiger partial charge in [0.2, 0.25) is 0 Å². The number of hydrazine groups is 1. The minimum absolute atomic E-state index is 0.241. The maximum atomic E-state index is 12.2. The van der Waals surface area contributed by atoms with Crippen molar-refractivity contribution < 1.29 is 13.2 Å². The lowest BCUT2D eigenvalue weighted by Gasteiger charge is -2.30. The van der Waals surface area contributed by atoms with Crippen LogP contribution in [0.5, 0.6) is 5.75 Å². The van der Waals surface area contributed by atoms with E-state index in [1.54, 1.807) is 7.11 Å². The van der Waals surface area contributed by atoms with Crippen molar-refractivity contribution in [3.05, 3.63) is 29.8 Å². The monoisotopic (exact) mass is 284 g/mol. The van der Waals surface area contributed by atoms with Crippen LogP contribution in [0, 0.1) is 0 Å². The zero-order valence-corrected chi connectivity index (χ0v) is 11.8. The van der Waals surface area contributed by atoms with Gasteiger partial charge >= 0.3 is 0 Å². The molecule has 1 aliphatic heterocycles. The van der Waals surface area contributed by atoms with Gasteiger partial charge in [-0.3, -0.25) is 11.3 Å². The van der Waals surface area contributed by atoms with Gasteiger partial charge in [0, 0.05) is 5.56 Å². The van der Waals surface area contributed by atoms with Gasteiger partial charge in [0.1, 0.15) is 5.75 Å². The number of hydrogen-bond acceptors (Lipinski definition) is 5. The van der Waals surface area contributed by atoms with Gasteiger partial charge in [-0.1, -0.05) is 24.6 Å². The SMILES string of the molecule is COc1ccccc1C(NN)C1CCCCS1(=O)=O. The van der Waals surface area contributed by atoms with Gasteiger partial charge < -0.3 is 4.74 Å². The molecule has 0 saturated carbocycles. The Kier molecular flexibility index (Phi) is 4.44. The molecular formula is C13H20N2O3S. The second-order valence-electron chi connectivity index (χ2n) is 4.79. The summed E-state index contributed by atoms with van der Waals surface area (Å²) in [5.41, 5.74) is 3.45. The highest BCUT2D eigenvalue weighted by Crippen LogP contribution is 2.34. The van der Waals surface area contributed by atoms with Gasteiger partial charge in [-0.2, -0.15) is 0 Å². The lowest BCUT2D eigenvalue weighted by atomic mass is 9.99. The van der Waals surface area contributed by atoms with Crippen LogP contribution in [-0.2, 0) is 9.84 Å². The highest BCUT2D eigenvalue weighted by Gasteiger charge is 2.36. The molecule has 1 saturated heterocycles. The summed E-state index contributed by atoms with van der Waals surface area (Å²) in [5, 5.41) is -0.484. The molecule has 19 heavy (non-hydrogen) atoms. The van der Waals surface area contributed by atoms with Crippen molar-refractivity contribution >= 4 is 9.84 Å². The van der Waals surface area contributed by atoms with E-state index in [0.717, 1.165) is 18.4 Å². The Bertz CT molecular complexity index is 530. The largest absolute Gasteiger partial charge is 0.496 e. The number of sulfone groups is 1. The second kappa shape index (κ2) is 5.90. The Morgan fingerprint density at radius 3 is 2.74 bits per heavy atom. The van der Waals surface area contributed by atoms with Crippen molar-refractivity contribution in [3.8, 4) is 5.75 Å². The van der Waals surface area contributed by atoms with Crippen molar-refractivity contribution in [2.45, 2.75) is 30.6 Å². The van der Waals surface area contributed by atoms with Gasteiger partial charge in [-0.15, -0.1) is 0 Å². The van der Waals surface area contributed by atoms with Crippen LogP contribution >= 0.6 is 0 Å². The van der Waals surface area contributed by atoms with Crippen molar-refractivity contribution in [2.75, 3.05) is 12.9 Å². The quantitative estimate of drug-likeness (QED) is 0.640. The smallest absolute Gasteiger partial charge is 0.155 e. The summed E-state index contributed by atoms with van der Waals surface area (Å²) in [6, 6.07) is 6.95. The van der Waals surface area contributed by atoms with Gasteiger partial charge in [0.05, 0.1) is 24.2 Å². The molecule has 106 valence electrons. The summed E-state index contributed by atoms with van der Waals surface area (Å²) in [5.74, 6) is 6.51. The molecule has 0 aliphatic carbocycles. The molecule has 0 bridgehead atoms. The van der Waals surface area contributed by atoms with Crippen molar-refractivity contribution in [1.29, 1.82) is 0 Å². The van der Waals surface area contributed by atoms with E-state index in [4.69, 9.17) is 10.6 Å². The maximum Gasteiger partial charge on any atom is 0.155 e. The summed E-state index contributed by atoms with van der Waals surface area (Å²) in [7, 11) is -1.53. The van der Waals surface area contributed by atoms with Crippen molar-refractivity contribution in [3.63, 3.8) is 0 Å². The third-order valence-corrected chi connectivity index (χ3v) is 5.94. The predicted octanol–water partition coefficient (Wildman–Crippen LogP) is 1.17. The van der Waals surface area contributed by atoms with E-state index in [1.807, 2.05) is 24.3 Å².